The molecule has 0 saturated heterocycles. The molecule has 3 rings (SSSR count). The van der Waals surface area contributed by atoms with Gasteiger partial charge in [-0.3, -0.25) is 4.79 Å². The SMILES string of the molecule is C[C@@H](OC(=O)/C=C/c1c(Cl)cccc1Cl)c1nc2ccccc2c(=O)[nH]1. The van der Waals surface area contributed by atoms with Crippen molar-refractivity contribution in [2.24, 2.45) is 0 Å². The van der Waals surface area contributed by atoms with Gasteiger partial charge in [0.05, 0.1) is 10.9 Å². The van der Waals surface area contributed by atoms with Crippen LogP contribution in [-0.4, -0.2) is 15.9 Å². The lowest BCUT2D eigenvalue weighted by Crippen LogP contribution is -2.16. The van der Waals surface area contributed by atoms with Crippen molar-refractivity contribution in [3.05, 3.63) is 80.3 Å². The van der Waals surface area contributed by atoms with Gasteiger partial charge in [0.25, 0.3) is 5.56 Å². The van der Waals surface area contributed by atoms with Crippen LogP contribution < -0.4 is 5.56 Å². The number of halogens is 2. The number of aromatic nitrogens is 2. The highest BCUT2D eigenvalue weighted by atomic mass is 35.5. The van der Waals surface area contributed by atoms with Crippen molar-refractivity contribution in [1.29, 1.82) is 0 Å². The number of carbonyl (C=O) groups excluding carboxylic acids is 1. The van der Waals surface area contributed by atoms with E-state index in [1.165, 1.54) is 12.2 Å². The second-order valence-corrected chi connectivity index (χ2v) is 6.33. The number of carbonyl (C=O) groups is 1. The van der Waals surface area contributed by atoms with E-state index in [1.54, 1.807) is 49.4 Å². The molecule has 26 heavy (non-hydrogen) atoms. The zero-order valence-electron chi connectivity index (χ0n) is 13.7. The molecule has 1 aromatic heterocycles. The number of hydrogen-bond acceptors (Lipinski definition) is 4. The van der Waals surface area contributed by atoms with E-state index < -0.39 is 12.1 Å². The van der Waals surface area contributed by atoms with E-state index >= 15 is 0 Å². The van der Waals surface area contributed by atoms with E-state index in [4.69, 9.17) is 27.9 Å². The highest BCUT2D eigenvalue weighted by molar-refractivity contribution is 6.37. The Bertz CT molecular complexity index is 1040. The first-order valence-corrected chi connectivity index (χ1v) is 8.53. The first-order chi connectivity index (χ1) is 12.5. The van der Waals surface area contributed by atoms with Crippen molar-refractivity contribution in [2.45, 2.75) is 13.0 Å². The average molecular weight is 389 g/mol. The molecule has 7 heteroatoms. The third-order valence-corrected chi connectivity index (χ3v) is 4.35. The molecule has 0 spiro atoms. The first-order valence-electron chi connectivity index (χ1n) is 7.77. The van der Waals surface area contributed by atoms with Crippen LogP contribution in [0.2, 0.25) is 10.0 Å². The summed E-state index contributed by atoms with van der Waals surface area (Å²) in [6.45, 7) is 1.63. The Morgan fingerprint density at radius 3 is 2.58 bits per heavy atom. The van der Waals surface area contributed by atoms with Crippen molar-refractivity contribution < 1.29 is 9.53 Å². The van der Waals surface area contributed by atoms with Gasteiger partial charge < -0.3 is 9.72 Å². The van der Waals surface area contributed by atoms with Gasteiger partial charge in [-0.15, -0.1) is 0 Å². The molecule has 0 saturated carbocycles. The molecule has 0 unspecified atom stereocenters. The molecule has 3 aromatic rings. The molecule has 0 radical (unpaired) electrons. The summed E-state index contributed by atoms with van der Waals surface area (Å²) >= 11 is 12.1. The van der Waals surface area contributed by atoms with Crippen molar-refractivity contribution in [3.8, 4) is 0 Å². The molecule has 132 valence electrons. The Kier molecular flexibility index (Phi) is 5.40. The number of aromatic amines is 1. The highest BCUT2D eigenvalue weighted by Gasteiger charge is 2.14. The standard InChI is InChI=1S/C19H14Cl2N2O3/c1-11(18-22-16-8-3-2-5-13(16)19(25)23-18)26-17(24)10-9-12-14(20)6-4-7-15(12)21/h2-11H,1H3,(H,22,23,25)/b10-9+/t11-/m1/s1. The fourth-order valence-corrected chi connectivity index (χ4v) is 2.91. The monoisotopic (exact) mass is 388 g/mol. The predicted octanol–water partition coefficient (Wildman–Crippen LogP) is 4.55. The van der Waals surface area contributed by atoms with Gasteiger partial charge in [-0.2, -0.15) is 0 Å². The molecule has 0 aliphatic rings. The average Bonchev–Trinajstić information content (AvgIpc) is 2.61. The van der Waals surface area contributed by atoms with Gasteiger partial charge in [-0.1, -0.05) is 41.4 Å². The summed E-state index contributed by atoms with van der Waals surface area (Å²) in [5.74, 6) is -0.337. The molecule has 1 heterocycles. The van der Waals surface area contributed by atoms with E-state index in [1.807, 2.05) is 0 Å². The quantitative estimate of drug-likeness (QED) is 0.525. The zero-order chi connectivity index (χ0) is 18.7. The highest BCUT2D eigenvalue weighted by Crippen LogP contribution is 2.25. The summed E-state index contributed by atoms with van der Waals surface area (Å²) in [6.07, 6.45) is 1.98. The molecule has 0 amide bonds. The van der Waals surface area contributed by atoms with E-state index in [2.05, 4.69) is 9.97 Å². The summed E-state index contributed by atoms with van der Waals surface area (Å²) in [4.78, 5) is 31.1. The minimum absolute atomic E-state index is 0.270. The third kappa shape index (κ3) is 3.95. The number of hydrogen-bond donors (Lipinski definition) is 1. The number of esters is 1. The molecule has 0 aliphatic carbocycles. The number of nitrogens with zero attached hydrogens (tertiary/aromatic N) is 1. The predicted molar refractivity (Wildman–Crippen MR) is 102 cm³/mol. The molecule has 0 aliphatic heterocycles. The fourth-order valence-electron chi connectivity index (χ4n) is 2.39. The lowest BCUT2D eigenvalue weighted by Gasteiger charge is -2.11. The van der Waals surface area contributed by atoms with Crippen molar-refractivity contribution in [2.75, 3.05) is 0 Å². The first kappa shape index (κ1) is 18.2. The Morgan fingerprint density at radius 2 is 1.85 bits per heavy atom. The Morgan fingerprint density at radius 1 is 1.15 bits per heavy atom. The molecule has 2 aromatic carbocycles. The van der Waals surface area contributed by atoms with E-state index in [0.29, 0.717) is 26.5 Å². The second-order valence-electron chi connectivity index (χ2n) is 5.52. The molecule has 1 N–H and O–H groups in total. The summed E-state index contributed by atoms with van der Waals surface area (Å²) in [5.41, 5.74) is 0.775. The van der Waals surface area contributed by atoms with Gasteiger partial charge in [-0.25, -0.2) is 9.78 Å². The minimum Gasteiger partial charge on any atom is -0.451 e. The topological polar surface area (TPSA) is 72.0 Å². The number of H-pyrrole nitrogens is 1. The van der Waals surface area contributed by atoms with Gasteiger partial charge in [0, 0.05) is 21.7 Å². The number of nitrogens with one attached hydrogen (secondary N) is 1. The molecular formula is C19H14Cl2N2O3. The van der Waals surface area contributed by atoms with Crippen molar-refractivity contribution in [3.63, 3.8) is 0 Å². The third-order valence-electron chi connectivity index (χ3n) is 3.69. The lowest BCUT2D eigenvalue weighted by molar-refractivity contribution is -0.142. The van der Waals surface area contributed by atoms with E-state index in [0.717, 1.165) is 0 Å². The molecule has 0 bridgehead atoms. The largest absolute Gasteiger partial charge is 0.451 e. The van der Waals surface area contributed by atoms with E-state index in [-0.39, 0.29) is 11.4 Å². The smallest absolute Gasteiger partial charge is 0.331 e. The maximum atomic E-state index is 12.1. The summed E-state index contributed by atoms with van der Waals surface area (Å²) in [6, 6.07) is 12.0. The lowest BCUT2D eigenvalue weighted by atomic mass is 10.2. The summed E-state index contributed by atoms with van der Waals surface area (Å²) < 4.78 is 5.30. The number of ether oxygens (including phenoxy) is 1. The number of rotatable bonds is 4. The van der Waals surface area contributed by atoms with Gasteiger partial charge in [0.15, 0.2) is 11.9 Å². The number of benzene rings is 2. The van der Waals surface area contributed by atoms with Crippen LogP contribution in [-0.2, 0) is 9.53 Å². The second kappa shape index (κ2) is 7.72. The molecule has 0 fully saturated rings. The van der Waals surface area contributed by atoms with Crippen LogP contribution in [0, 0.1) is 0 Å². The number of fused-ring (bicyclic) bond motifs is 1. The van der Waals surface area contributed by atoms with Gasteiger partial charge in [0.1, 0.15) is 0 Å². The maximum absolute atomic E-state index is 12.1. The van der Waals surface area contributed by atoms with Crippen LogP contribution in [0.25, 0.3) is 17.0 Å². The Balaban J connectivity index is 1.77. The van der Waals surface area contributed by atoms with Gasteiger partial charge in [0.2, 0.25) is 0 Å². The van der Waals surface area contributed by atoms with Crippen LogP contribution in [0.5, 0.6) is 0 Å². The van der Waals surface area contributed by atoms with Crippen molar-refractivity contribution >= 4 is 46.2 Å². The minimum atomic E-state index is -0.730. The Hall–Kier alpha value is -2.63. The van der Waals surface area contributed by atoms with Gasteiger partial charge >= 0.3 is 5.97 Å². The van der Waals surface area contributed by atoms with Crippen LogP contribution in [0.4, 0.5) is 0 Å². The van der Waals surface area contributed by atoms with Crippen LogP contribution in [0.15, 0.2) is 53.3 Å². The van der Waals surface area contributed by atoms with Crippen molar-refractivity contribution in [1.82, 2.24) is 9.97 Å². The molecular weight excluding hydrogens is 375 g/mol. The van der Waals surface area contributed by atoms with Crippen LogP contribution >= 0.6 is 23.2 Å². The van der Waals surface area contributed by atoms with Gasteiger partial charge in [-0.05, 0) is 37.3 Å². The molecule has 1 atom stereocenters. The van der Waals surface area contributed by atoms with E-state index in [9.17, 15) is 9.59 Å². The fraction of sp³-hybridized carbons (Fsp3) is 0.105. The van der Waals surface area contributed by atoms with Crippen LogP contribution in [0.1, 0.15) is 24.4 Å². The zero-order valence-corrected chi connectivity index (χ0v) is 15.2. The normalized spacial score (nSPS) is 12.4. The Labute approximate surface area is 159 Å². The van der Waals surface area contributed by atoms with Crippen LogP contribution in [0.3, 0.4) is 0 Å². The maximum Gasteiger partial charge on any atom is 0.331 e. The molecule has 5 nitrogen and oxygen atoms in total. The summed E-state index contributed by atoms with van der Waals surface area (Å²) in [7, 11) is 0. The number of para-hydroxylation sites is 1. The summed E-state index contributed by atoms with van der Waals surface area (Å²) in [5, 5.41) is 1.33.